The Morgan fingerprint density at radius 1 is 0.683 bits per heavy atom. The molecule has 0 bridgehead atoms. The average molecular weight is 725 g/mol. The summed E-state index contributed by atoms with van der Waals surface area (Å²) in [6.07, 6.45) is 25.7. The standard InChI is InChI=1S/C22H36P2.C8H12.CHF3O3S.Rh/c1-5-17-13-14-18(6-2)23(17)21-11-9-10-12-22(21)24-19(7-3)15-16-20(24)8-4;1-2-4-6-8-7-5-3-1;2-1(3,4)8(5,6)7;/h9-12,17-20H,5-8,13-16H2,1-4H3;1-2,7-8H,3-6H2;(H,5,6,7);/p+1. The number of benzene rings is 1. The summed E-state index contributed by atoms with van der Waals surface area (Å²) in [4.78, 5) is 0. The summed E-state index contributed by atoms with van der Waals surface area (Å²) >= 11 is 0. The first-order valence-electron chi connectivity index (χ1n) is 15.1. The molecule has 0 aromatic heterocycles. The molecule has 41 heavy (non-hydrogen) atoms. The molecule has 2 heterocycles. The summed E-state index contributed by atoms with van der Waals surface area (Å²) < 4.78 is 58.9. The molecule has 3 nitrogen and oxygen atoms in total. The molecule has 0 spiro atoms. The van der Waals surface area contributed by atoms with E-state index in [1.807, 2.05) is 10.6 Å². The average Bonchev–Trinajstić information content (AvgIpc) is 3.51. The van der Waals surface area contributed by atoms with Crippen LogP contribution in [-0.2, 0) is 29.6 Å². The van der Waals surface area contributed by atoms with Crippen molar-refractivity contribution >= 4 is 36.6 Å². The molecule has 237 valence electrons. The number of hydrogen-bond donors (Lipinski definition) is 0. The zero-order chi connectivity index (χ0) is 29.8. The van der Waals surface area contributed by atoms with E-state index in [1.165, 1.54) is 77.0 Å². The van der Waals surface area contributed by atoms with Gasteiger partial charge in [0.15, 0.2) is 10.1 Å². The Kier molecular flexibility index (Phi) is 18.3. The summed E-state index contributed by atoms with van der Waals surface area (Å²) in [7, 11) is -6.83. The van der Waals surface area contributed by atoms with Gasteiger partial charge in [0.25, 0.3) is 0 Å². The van der Waals surface area contributed by atoms with Gasteiger partial charge in [0.1, 0.15) is 10.6 Å². The SMILES string of the molecule is C1=CCCC=CCC1.CCC1CCC(CC)[PH+]1c1ccccc1[PH+]1C(CC)CCC1CC.O=S(=O)([O-])C(F)(F)F.[Rh]. The molecule has 10 heteroatoms. The van der Waals surface area contributed by atoms with Gasteiger partial charge >= 0.3 is 5.51 Å². The Bertz CT molecular complexity index is 952. The van der Waals surface area contributed by atoms with Crippen molar-refractivity contribution in [3.63, 3.8) is 0 Å². The summed E-state index contributed by atoms with van der Waals surface area (Å²) in [6, 6.07) is 9.87. The molecule has 0 amide bonds. The maximum Gasteiger partial charge on any atom is 0.485 e. The molecule has 2 fully saturated rings. The molecule has 1 aromatic rings. The number of hydrogen-bond acceptors (Lipinski definition) is 3. The van der Waals surface area contributed by atoms with Crippen LogP contribution in [0.15, 0.2) is 48.6 Å². The predicted molar refractivity (Wildman–Crippen MR) is 170 cm³/mol. The second-order valence-electron chi connectivity index (χ2n) is 11.0. The van der Waals surface area contributed by atoms with E-state index >= 15 is 0 Å². The van der Waals surface area contributed by atoms with Crippen LogP contribution in [0, 0.1) is 0 Å². The fraction of sp³-hybridized carbons (Fsp3) is 0.677. The van der Waals surface area contributed by atoms with Gasteiger partial charge in [0, 0.05) is 35.3 Å². The zero-order valence-electron chi connectivity index (χ0n) is 25.0. The summed E-state index contributed by atoms with van der Waals surface area (Å²) in [6.45, 7) is 9.79. The molecule has 2 saturated heterocycles. The predicted octanol–water partition coefficient (Wildman–Crippen LogP) is 8.79. The van der Waals surface area contributed by atoms with Crippen LogP contribution in [0.5, 0.6) is 0 Å². The summed E-state index contributed by atoms with van der Waals surface area (Å²) in [5.41, 5.74) is -1.52. The van der Waals surface area contributed by atoms with Crippen molar-refractivity contribution in [2.75, 3.05) is 0 Å². The van der Waals surface area contributed by atoms with Crippen LogP contribution in [0.4, 0.5) is 13.2 Å². The Labute approximate surface area is 262 Å². The van der Waals surface area contributed by atoms with Gasteiger partial charge in [-0.2, -0.15) is 13.2 Å². The fourth-order valence-corrected chi connectivity index (χ4v) is 15.5. The zero-order valence-corrected chi connectivity index (χ0v) is 29.5. The van der Waals surface area contributed by atoms with Crippen LogP contribution in [0.1, 0.15) is 105 Å². The first-order valence-corrected chi connectivity index (χ1v) is 19.9. The normalized spacial score (nSPS) is 27.9. The number of allylic oxidation sites excluding steroid dienone is 4. The van der Waals surface area contributed by atoms with Gasteiger partial charge in [-0.15, -0.1) is 0 Å². The van der Waals surface area contributed by atoms with Crippen LogP contribution in [0.3, 0.4) is 0 Å². The van der Waals surface area contributed by atoms with Crippen molar-refractivity contribution < 1.29 is 45.6 Å². The first kappa shape index (κ1) is 38.9. The van der Waals surface area contributed by atoms with Gasteiger partial charge in [0.05, 0.1) is 22.6 Å². The van der Waals surface area contributed by atoms with Crippen molar-refractivity contribution in [3.05, 3.63) is 48.6 Å². The van der Waals surface area contributed by atoms with Crippen molar-refractivity contribution in [3.8, 4) is 0 Å². The third-order valence-corrected chi connectivity index (χ3v) is 17.9. The maximum atomic E-state index is 10.7. The van der Waals surface area contributed by atoms with E-state index in [-0.39, 0.29) is 35.3 Å². The van der Waals surface area contributed by atoms with Gasteiger partial charge < -0.3 is 4.55 Å². The quantitative estimate of drug-likeness (QED) is 0.0970. The van der Waals surface area contributed by atoms with Crippen LogP contribution in [-0.4, -0.2) is 41.1 Å². The molecule has 4 unspecified atom stereocenters. The van der Waals surface area contributed by atoms with Gasteiger partial charge in [-0.3, -0.25) is 0 Å². The van der Waals surface area contributed by atoms with E-state index in [0.717, 1.165) is 22.6 Å². The van der Waals surface area contributed by atoms with Crippen molar-refractivity contribution in [2.45, 2.75) is 133 Å². The van der Waals surface area contributed by atoms with Crippen LogP contribution in [0.25, 0.3) is 0 Å². The topological polar surface area (TPSA) is 57.2 Å². The van der Waals surface area contributed by atoms with E-state index in [2.05, 4.69) is 76.3 Å². The summed E-state index contributed by atoms with van der Waals surface area (Å²) in [5, 5.41) is 3.79. The van der Waals surface area contributed by atoms with E-state index < -0.39 is 15.6 Å². The van der Waals surface area contributed by atoms with Crippen LogP contribution in [0.2, 0.25) is 0 Å². The van der Waals surface area contributed by atoms with E-state index in [0.29, 0.717) is 0 Å². The van der Waals surface area contributed by atoms with E-state index in [4.69, 9.17) is 13.0 Å². The van der Waals surface area contributed by atoms with Crippen molar-refractivity contribution in [1.29, 1.82) is 0 Å². The van der Waals surface area contributed by atoms with Gasteiger partial charge in [-0.1, -0.05) is 64.1 Å². The maximum absolute atomic E-state index is 10.7. The monoisotopic (exact) mass is 724 g/mol. The molecule has 2 aliphatic heterocycles. The Morgan fingerprint density at radius 3 is 1.12 bits per heavy atom. The Morgan fingerprint density at radius 2 is 0.927 bits per heavy atom. The first-order chi connectivity index (χ1) is 19.0. The van der Waals surface area contributed by atoms with Crippen LogP contribution >= 0.6 is 15.8 Å². The van der Waals surface area contributed by atoms with Gasteiger partial charge in [0.2, 0.25) is 0 Å². The molecule has 3 aliphatic rings. The number of rotatable bonds is 6. The molecule has 4 atom stereocenters. The largest absolute Gasteiger partial charge is 0.741 e. The molecule has 4 rings (SSSR count). The minimum atomic E-state index is -6.09. The van der Waals surface area contributed by atoms with Crippen molar-refractivity contribution in [2.24, 2.45) is 0 Å². The molecular weight excluding hydrogens is 674 g/mol. The van der Waals surface area contributed by atoms with Crippen LogP contribution < -0.4 is 10.6 Å². The minimum absolute atomic E-state index is 0. The van der Waals surface area contributed by atoms with E-state index in [1.54, 1.807) is 0 Å². The smallest absolute Gasteiger partial charge is 0.485 e. The minimum Gasteiger partial charge on any atom is -0.741 e. The molecule has 0 saturated carbocycles. The molecular formula is C31H50F3O3P2RhS+. The van der Waals surface area contributed by atoms with E-state index in [9.17, 15) is 13.2 Å². The Hall–Kier alpha value is -0.117. The van der Waals surface area contributed by atoms with Gasteiger partial charge in [-0.05, 0) is 89.2 Å². The second-order valence-corrected chi connectivity index (χ2v) is 18.6. The summed E-state index contributed by atoms with van der Waals surface area (Å²) in [5.74, 6) is 0. The molecule has 1 radical (unpaired) electrons. The third kappa shape index (κ3) is 11.7. The molecule has 1 aromatic carbocycles. The molecule has 0 N–H and O–H groups in total. The fourth-order valence-electron chi connectivity index (χ4n) is 6.51. The third-order valence-electron chi connectivity index (χ3n) is 8.62. The second kappa shape index (κ2) is 19.3. The van der Waals surface area contributed by atoms with Crippen molar-refractivity contribution in [1.82, 2.24) is 0 Å². The Balaban J connectivity index is 0.000000407. The number of alkyl halides is 3. The van der Waals surface area contributed by atoms with Gasteiger partial charge in [-0.25, -0.2) is 8.42 Å². The molecule has 1 aliphatic carbocycles. The number of halogens is 3.